The van der Waals surface area contributed by atoms with E-state index in [2.05, 4.69) is 0 Å². The van der Waals surface area contributed by atoms with Gasteiger partial charge in [0.1, 0.15) is 17.3 Å². The average molecular weight is 536 g/mol. The molecular formula is C29H26FNO4S2. The molecule has 1 aliphatic rings. The van der Waals surface area contributed by atoms with Gasteiger partial charge in [-0.2, -0.15) is 0 Å². The fourth-order valence-corrected chi connectivity index (χ4v) is 6.22. The molecule has 0 saturated heterocycles. The van der Waals surface area contributed by atoms with Gasteiger partial charge in [0.15, 0.2) is 0 Å². The maximum Gasteiger partial charge on any atom is 0.341 e. The quantitative estimate of drug-likeness (QED) is 0.203. The van der Waals surface area contributed by atoms with Crippen LogP contribution in [-0.2, 0) is 4.74 Å². The van der Waals surface area contributed by atoms with E-state index in [4.69, 9.17) is 19.2 Å². The number of methoxy groups -OCH3 is 2. The van der Waals surface area contributed by atoms with Crippen LogP contribution < -0.4 is 9.47 Å². The first kappa shape index (κ1) is 25.4. The van der Waals surface area contributed by atoms with E-state index >= 15 is 4.39 Å². The summed E-state index contributed by atoms with van der Waals surface area (Å²) in [7, 11) is 3.22. The lowest BCUT2D eigenvalue weighted by atomic mass is 10.1. The maximum absolute atomic E-state index is 15.5. The first-order valence-corrected chi connectivity index (χ1v) is 13.6. The summed E-state index contributed by atoms with van der Waals surface area (Å²) in [4.78, 5) is 21.1. The Morgan fingerprint density at radius 3 is 1.97 bits per heavy atom. The van der Waals surface area contributed by atoms with Gasteiger partial charge in [0.25, 0.3) is 0 Å². The number of hydrogen-bond donors (Lipinski definition) is 0. The third kappa shape index (κ3) is 5.40. The average Bonchev–Trinajstić information content (AvgIpc) is 3.76. The molecule has 0 atom stereocenters. The van der Waals surface area contributed by atoms with Gasteiger partial charge < -0.3 is 14.2 Å². The second kappa shape index (κ2) is 11.0. The number of nitrogens with zero attached hydrogens (tertiary/aromatic N) is 1. The minimum Gasteiger partial charge on any atom is -0.497 e. The molecule has 0 bridgehead atoms. The van der Waals surface area contributed by atoms with E-state index in [-0.39, 0.29) is 18.3 Å². The lowest BCUT2D eigenvalue weighted by molar-refractivity contribution is 0.0520. The fraction of sp³-hybridized carbons (Fsp3) is 0.241. The number of halogens is 1. The Hall–Kier alpha value is -3.23. The fourth-order valence-electron chi connectivity index (χ4n) is 4.06. The van der Waals surface area contributed by atoms with Crippen LogP contribution >= 0.6 is 23.5 Å². The molecule has 0 unspecified atom stereocenters. The first-order chi connectivity index (χ1) is 18.0. The van der Waals surface area contributed by atoms with Crippen LogP contribution in [0.3, 0.4) is 0 Å². The maximum atomic E-state index is 15.5. The van der Waals surface area contributed by atoms with Gasteiger partial charge in [-0.25, -0.2) is 9.18 Å². The molecule has 5 rings (SSSR count). The van der Waals surface area contributed by atoms with Gasteiger partial charge in [0.05, 0.1) is 42.5 Å². The van der Waals surface area contributed by atoms with Gasteiger partial charge in [0, 0.05) is 26.0 Å². The number of carbonyl (C=O) groups excluding carboxylic acids is 1. The number of fused-ring (bicyclic) bond motifs is 1. The van der Waals surface area contributed by atoms with Gasteiger partial charge in [-0.1, -0.05) is 23.5 Å². The summed E-state index contributed by atoms with van der Waals surface area (Å²) in [5.74, 6) is 0.843. The van der Waals surface area contributed by atoms with Crippen molar-refractivity contribution in [3.8, 4) is 11.5 Å². The highest BCUT2D eigenvalue weighted by molar-refractivity contribution is 8.00. The zero-order chi connectivity index (χ0) is 25.9. The van der Waals surface area contributed by atoms with Crippen molar-refractivity contribution >= 4 is 40.4 Å². The number of esters is 1. The standard InChI is InChI=1S/C29H26FNO4S2/c1-4-35-29(32)25-26(17-5-6-17)31-23-16-15-22(30)27(36-20-11-7-18(33-2)8-12-20)24(23)28(25)37-21-13-9-19(34-3)10-14-21/h7-17H,4-6H2,1-3H3. The Balaban J connectivity index is 1.74. The first-order valence-electron chi connectivity index (χ1n) is 12.0. The van der Waals surface area contributed by atoms with Gasteiger partial charge in [-0.05, 0) is 80.4 Å². The molecule has 0 N–H and O–H groups in total. The van der Waals surface area contributed by atoms with Crippen molar-refractivity contribution in [1.29, 1.82) is 0 Å². The van der Waals surface area contributed by atoms with Crippen LogP contribution in [0.1, 0.15) is 41.7 Å². The van der Waals surface area contributed by atoms with Crippen molar-refractivity contribution in [2.75, 3.05) is 20.8 Å². The van der Waals surface area contributed by atoms with Crippen LogP contribution in [0, 0.1) is 5.82 Å². The summed E-state index contributed by atoms with van der Waals surface area (Å²) >= 11 is 2.72. The summed E-state index contributed by atoms with van der Waals surface area (Å²) in [6.45, 7) is 2.02. The van der Waals surface area contributed by atoms with Crippen molar-refractivity contribution < 1.29 is 23.4 Å². The van der Waals surface area contributed by atoms with Crippen LogP contribution in [-0.4, -0.2) is 31.8 Å². The Morgan fingerprint density at radius 2 is 1.46 bits per heavy atom. The highest BCUT2D eigenvalue weighted by atomic mass is 32.2. The second-order valence-electron chi connectivity index (χ2n) is 8.52. The third-order valence-corrected chi connectivity index (χ3v) is 8.27. The van der Waals surface area contributed by atoms with Gasteiger partial charge >= 0.3 is 5.97 Å². The Labute approximate surface area is 223 Å². The molecule has 37 heavy (non-hydrogen) atoms. The normalized spacial score (nSPS) is 13.0. The number of pyridine rings is 1. The van der Waals surface area contributed by atoms with Crippen molar-refractivity contribution in [3.05, 3.63) is 77.7 Å². The molecule has 190 valence electrons. The van der Waals surface area contributed by atoms with E-state index < -0.39 is 5.97 Å². The summed E-state index contributed by atoms with van der Waals surface area (Å²) in [6.07, 6.45) is 1.93. The van der Waals surface area contributed by atoms with Crippen LogP contribution in [0.5, 0.6) is 11.5 Å². The Bertz CT molecular complexity index is 1440. The van der Waals surface area contributed by atoms with Crippen LogP contribution in [0.2, 0.25) is 0 Å². The summed E-state index contributed by atoms with van der Waals surface area (Å²) in [5.41, 5.74) is 1.82. The lowest BCUT2D eigenvalue weighted by Gasteiger charge is -2.18. The summed E-state index contributed by atoms with van der Waals surface area (Å²) in [5, 5.41) is 0.606. The third-order valence-electron chi connectivity index (χ3n) is 6.04. The smallest absolute Gasteiger partial charge is 0.341 e. The topological polar surface area (TPSA) is 57.7 Å². The van der Waals surface area contributed by atoms with E-state index in [0.29, 0.717) is 26.3 Å². The minimum atomic E-state index is -0.431. The van der Waals surface area contributed by atoms with Gasteiger partial charge in [-0.15, -0.1) is 0 Å². The molecule has 0 radical (unpaired) electrons. The highest BCUT2D eigenvalue weighted by Crippen LogP contribution is 2.49. The summed E-state index contributed by atoms with van der Waals surface area (Å²) in [6, 6.07) is 18.2. The zero-order valence-electron chi connectivity index (χ0n) is 20.7. The monoisotopic (exact) mass is 535 g/mol. The molecule has 3 aromatic carbocycles. The van der Waals surface area contributed by atoms with Crippen LogP contribution in [0.4, 0.5) is 4.39 Å². The largest absolute Gasteiger partial charge is 0.497 e. The van der Waals surface area contributed by atoms with Crippen molar-refractivity contribution in [1.82, 2.24) is 4.98 Å². The summed E-state index contributed by atoms with van der Waals surface area (Å²) < 4.78 is 31.6. The Morgan fingerprint density at radius 1 is 0.892 bits per heavy atom. The number of ether oxygens (including phenoxy) is 3. The second-order valence-corrected chi connectivity index (χ2v) is 10.7. The molecule has 5 nitrogen and oxygen atoms in total. The molecule has 1 saturated carbocycles. The van der Waals surface area contributed by atoms with E-state index in [9.17, 15) is 4.79 Å². The van der Waals surface area contributed by atoms with E-state index in [0.717, 1.165) is 39.8 Å². The molecule has 0 spiro atoms. The molecule has 1 aromatic heterocycles. The number of carbonyl (C=O) groups is 1. The van der Waals surface area contributed by atoms with Crippen LogP contribution in [0.15, 0.2) is 80.2 Å². The van der Waals surface area contributed by atoms with Gasteiger partial charge in [0.2, 0.25) is 0 Å². The highest BCUT2D eigenvalue weighted by Gasteiger charge is 2.34. The number of benzene rings is 3. The molecule has 1 fully saturated rings. The van der Waals surface area contributed by atoms with E-state index in [1.165, 1.54) is 29.6 Å². The van der Waals surface area contributed by atoms with Crippen LogP contribution in [0.25, 0.3) is 10.9 Å². The lowest BCUT2D eigenvalue weighted by Crippen LogP contribution is -2.12. The minimum absolute atomic E-state index is 0.196. The predicted molar refractivity (Wildman–Crippen MR) is 144 cm³/mol. The molecule has 0 aliphatic heterocycles. The number of aromatic nitrogens is 1. The molecule has 1 aliphatic carbocycles. The molecule has 4 aromatic rings. The number of hydrogen-bond acceptors (Lipinski definition) is 7. The van der Waals surface area contributed by atoms with Gasteiger partial charge in [-0.3, -0.25) is 4.98 Å². The van der Waals surface area contributed by atoms with Crippen molar-refractivity contribution in [3.63, 3.8) is 0 Å². The van der Waals surface area contributed by atoms with Crippen molar-refractivity contribution in [2.45, 2.75) is 45.3 Å². The van der Waals surface area contributed by atoms with Crippen molar-refractivity contribution in [2.24, 2.45) is 0 Å². The molecule has 1 heterocycles. The zero-order valence-corrected chi connectivity index (χ0v) is 22.4. The van der Waals surface area contributed by atoms with E-state index in [1.807, 2.05) is 48.5 Å². The molecule has 0 amide bonds. The SMILES string of the molecule is CCOC(=O)c1c(C2CC2)nc2ccc(F)c(Sc3ccc(OC)cc3)c2c1Sc1ccc(OC)cc1. The van der Waals surface area contributed by atoms with E-state index in [1.54, 1.807) is 27.2 Å². The Kier molecular flexibility index (Phi) is 7.58. The predicted octanol–water partition coefficient (Wildman–Crippen LogP) is 7.75. The molecule has 8 heteroatoms. The number of rotatable bonds is 9. The molecular weight excluding hydrogens is 509 g/mol.